The molecule has 3 atom stereocenters. The molecule has 12 heteroatoms. The molecule has 408 valence electrons. The minimum absolute atomic E-state index is 0.155. The highest BCUT2D eigenvalue weighted by molar-refractivity contribution is 7.47. The molecule has 0 amide bonds. The predicted octanol–water partition coefficient (Wildman–Crippen LogP) is 16.6. The molecule has 0 aromatic rings. The average Bonchev–Trinajstić information content (AvgIpc) is 3.35. The Bertz CT molecular complexity index is 1360. The van der Waals surface area contributed by atoms with Gasteiger partial charge in [-0.1, -0.05) is 217 Å². The first-order chi connectivity index (χ1) is 34.2. The number of allylic oxidation sites excluding steroid dienone is 8. The second kappa shape index (κ2) is 52.8. The van der Waals surface area contributed by atoms with Gasteiger partial charge in [0.1, 0.15) is 12.7 Å². The molecule has 0 bridgehead atoms. The Morgan fingerprint density at radius 3 is 1.16 bits per heavy atom. The molecule has 0 saturated carbocycles. The van der Waals surface area contributed by atoms with Gasteiger partial charge in [-0.3, -0.25) is 23.4 Å². The van der Waals surface area contributed by atoms with Gasteiger partial charge in [0.25, 0.3) is 0 Å². The maximum Gasteiger partial charge on any atom is 0.472 e. The van der Waals surface area contributed by atoms with E-state index in [-0.39, 0.29) is 25.9 Å². The smallest absolute Gasteiger partial charge is 0.462 e. The number of hydrogen-bond donors (Lipinski definition) is 2. The Labute approximate surface area is 428 Å². The SMILES string of the molecule is CC/C=C\C/C=C\C/C=C\CCCCCCCC(=O)OCC(COP(=O)(O)OCC(CO)OC(=O)CCCCCCCCCCCCCCC)OC(=O)CCCCCCC/C=C\CCCCCCCC. The van der Waals surface area contributed by atoms with E-state index in [1.165, 1.54) is 96.3 Å². The molecule has 0 aromatic heterocycles. The molecular formula is C58H105O11P. The summed E-state index contributed by atoms with van der Waals surface area (Å²) in [5.41, 5.74) is 0. The molecule has 0 aromatic carbocycles. The van der Waals surface area contributed by atoms with Gasteiger partial charge in [-0.15, -0.1) is 0 Å². The Morgan fingerprint density at radius 2 is 0.743 bits per heavy atom. The van der Waals surface area contributed by atoms with Crippen LogP contribution in [0.5, 0.6) is 0 Å². The van der Waals surface area contributed by atoms with Crippen molar-refractivity contribution in [3.05, 3.63) is 48.6 Å². The summed E-state index contributed by atoms with van der Waals surface area (Å²) >= 11 is 0. The summed E-state index contributed by atoms with van der Waals surface area (Å²) in [5.74, 6) is -1.48. The second-order valence-corrected chi connectivity index (χ2v) is 20.5. The van der Waals surface area contributed by atoms with Crippen molar-refractivity contribution in [2.24, 2.45) is 0 Å². The lowest BCUT2D eigenvalue weighted by Gasteiger charge is -2.21. The highest BCUT2D eigenvalue weighted by Crippen LogP contribution is 2.43. The quantitative estimate of drug-likeness (QED) is 0.0197. The third kappa shape index (κ3) is 50.4. The van der Waals surface area contributed by atoms with Crippen LogP contribution < -0.4 is 0 Å². The van der Waals surface area contributed by atoms with Crippen molar-refractivity contribution in [1.29, 1.82) is 0 Å². The van der Waals surface area contributed by atoms with Gasteiger partial charge in [0.2, 0.25) is 0 Å². The van der Waals surface area contributed by atoms with Crippen molar-refractivity contribution in [2.45, 2.75) is 277 Å². The van der Waals surface area contributed by atoms with Crippen LogP contribution in [0, 0.1) is 0 Å². The van der Waals surface area contributed by atoms with Gasteiger partial charge in [-0.2, -0.15) is 0 Å². The zero-order chi connectivity index (χ0) is 51.3. The first kappa shape index (κ1) is 67.4. The van der Waals surface area contributed by atoms with E-state index in [1.807, 2.05) is 0 Å². The molecule has 2 N–H and O–H groups in total. The van der Waals surface area contributed by atoms with Gasteiger partial charge >= 0.3 is 25.7 Å². The third-order valence-corrected chi connectivity index (χ3v) is 13.2. The number of unbranched alkanes of at least 4 members (excludes halogenated alkanes) is 28. The zero-order valence-electron chi connectivity index (χ0n) is 45.0. The second-order valence-electron chi connectivity index (χ2n) is 19.1. The summed E-state index contributed by atoms with van der Waals surface area (Å²) in [5, 5.41) is 9.80. The maximum atomic E-state index is 12.9. The number of rotatable bonds is 53. The summed E-state index contributed by atoms with van der Waals surface area (Å²) in [6, 6.07) is 0. The number of phosphoric acid groups is 1. The molecule has 0 aliphatic carbocycles. The van der Waals surface area contributed by atoms with Crippen LogP contribution >= 0.6 is 7.82 Å². The molecule has 0 radical (unpaired) electrons. The number of carbonyl (C=O) groups is 3. The Morgan fingerprint density at radius 1 is 0.414 bits per heavy atom. The van der Waals surface area contributed by atoms with Gasteiger partial charge in [0.15, 0.2) is 6.10 Å². The fourth-order valence-electron chi connectivity index (χ4n) is 7.90. The summed E-state index contributed by atoms with van der Waals surface area (Å²) < 4.78 is 39.5. The van der Waals surface area contributed by atoms with Crippen LogP contribution in [0.3, 0.4) is 0 Å². The Kier molecular flexibility index (Phi) is 50.8. The van der Waals surface area contributed by atoms with Crippen LogP contribution in [0.2, 0.25) is 0 Å². The number of esters is 3. The zero-order valence-corrected chi connectivity index (χ0v) is 45.9. The van der Waals surface area contributed by atoms with E-state index >= 15 is 0 Å². The van der Waals surface area contributed by atoms with E-state index in [0.717, 1.165) is 109 Å². The van der Waals surface area contributed by atoms with Gasteiger partial charge in [-0.25, -0.2) is 4.57 Å². The Hall–Kier alpha value is -2.56. The van der Waals surface area contributed by atoms with Crippen LogP contribution in [0.4, 0.5) is 0 Å². The highest BCUT2D eigenvalue weighted by Gasteiger charge is 2.28. The van der Waals surface area contributed by atoms with Crippen molar-refractivity contribution in [3.63, 3.8) is 0 Å². The molecule has 0 fully saturated rings. The molecule has 70 heavy (non-hydrogen) atoms. The van der Waals surface area contributed by atoms with E-state index in [1.54, 1.807) is 0 Å². The molecule has 11 nitrogen and oxygen atoms in total. The monoisotopic (exact) mass is 1010 g/mol. The first-order valence-electron chi connectivity index (χ1n) is 28.5. The molecule has 0 aliphatic rings. The minimum atomic E-state index is -4.75. The lowest BCUT2D eigenvalue weighted by Crippen LogP contribution is -2.30. The highest BCUT2D eigenvalue weighted by atomic mass is 31.2. The number of ether oxygens (including phenoxy) is 3. The van der Waals surface area contributed by atoms with Crippen molar-refractivity contribution >= 4 is 25.7 Å². The van der Waals surface area contributed by atoms with Crippen molar-refractivity contribution in [2.75, 3.05) is 26.4 Å². The predicted molar refractivity (Wildman–Crippen MR) is 289 cm³/mol. The van der Waals surface area contributed by atoms with Crippen LogP contribution in [-0.2, 0) is 42.2 Å². The molecular weight excluding hydrogens is 904 g/mol. The number of aliphatic hydroxyl groups is 1. The molecule has 0 saturated heterocycles. The van der Waals surface area contributed by atoms with E-state index < -0.39 is 57.8 Å². The van der Waals surface area contributed by atoms with Crippen molar-refractivity contribution in [3.8, 4) is 0 Å². The van der Waals surface area contributed by atoms with E-state index in [2.05, 4.69) is 69.4 Å². The number of carbonyl (C=O) groups excluding carboxylic acids is 3. The van der Waals surface area contributed by atoms with Gasteiger partial charge in [-0.05, 0) is 77.0 Å². The van der Waals surface area contributed by atoms with Crippen LogP contribution in [0.25, 0.3) is 0 Å². The molecule has 3 unspecified atom stereocenters. The summed E-state index contributed by atoms with van der Waals surface area (Å²) in [6.07, 6.45) is 54.9. The number of aliphatic hydroxyl groups excluding tert-OH is 1. The standard InChI is InChI=1S/C58H105O11P/c1-4-7-10-13-16-19-22-25-27-30-32-35-38-41-44-47-56(60)65-51-55(69-58(62)49-46-43-40-37-34-31-28-26-23-20-17-14-11-8-5-2)53-67-70(63,64)66-52-54(50-59)68-57(61)48-45-42-39-36-33-29-24-21-18-15-12-9-6-3/h7,10,16,19,25-28,54-55,59H,4-6,8-9,11-15,17-18,20-24,29-53H2,1-3H3,(H,63,64)/b10-7-,19-16-,27-25-,28-26-. The molecule has 0 heterocycles. The van der Waals surface area contributed by atoms with Crippen molar-refractivity contribution < 1.29 is 52.2 Å². The normalized spacial score (nSPS) is 13.7. The van der Waals surface area contributed by atoms with Gasteiger partial charge < -0.3 is 24.2 Å². The molecule has 0 spiro atoms. The molecule has 0 aliphatic heterocycles. The Balaban J connectivity index is 4.74. The van der Waals surface area contributed by atoms with Crippen LogP contribution in [0.15, 0.2) is 48.6 Å². The van der Waals surface area contributed by atoms with Gasteiger partial charge in [0, 0.05) is 19.3 Å². The lowest BCUT2D eigenvalue weighted by atomic mass is 10.0. The average molecular weight is 1010 g/mol. The topological polar surface area (TPSA) is 155 Å². The van der Waals surface area contributed by atoms with E-state index in [4.69, 9.17) is 23.3 Å². The largest absolute Gasteiger partial charge is 0.472 e. The molecule has 0 rings (SSSR count). The minimum Gasteiger partial charge on any atom is -0.462 e. The van der Waals surface area contributed by atoms with E-state index in [0.29, 0.717) is 19.3 Å². The maximum absolute atomic E-state index is 12.9. The lowest BCUT2D eigenvalue weighted by molar-refractivity contribution is -0.161. The van der Waals surface area contributed by atoms with Crippen molar-refractivity contribution in [1.82, 2.24) is 0 Å². The number of hydrogen-bond acceptors (Lipinski definition) is 10. The number of phosphoric ester groups is 1. The third-order valence-electron chi connectivity index (χ3n) is 12.2. The van der Waals surface area contributed by atoms with Crippen LogP contribution in [-0.4, -0.2) is 66.5 Å². The summed E-state index contributed by atoms with van der Waals surface area (Å²) in [6.45, 7) is 4.52. The van der Waals surface area contributed by atoms with Crippen LogP contribution in [0.1, 0.15) is 265 Å². The summed E-state index contributed by atoms with van der Waals surface area (Å²) in [4.78, 5) is 48.5. The fourth-order valence-corrected chi connectivity index (χ4v) is 8.68. The van der Waals surface area contributed by atoms with Gasteiger partial charge in [0.05, 0.1) is 19.8 Å². The summed E-state index contributed by atoms with van der Waals surface area (Å²) in [7, 11) is -4.75. The first-order valence-corrected chi connectivity index (χ1v) is 30.0. The van der Waals surface area contributed by atoms with E-state index in [9.17, 15) is 28.9 Å². The fraction of sp³-hybridized carbons (Fsp3) is 0.810.